The maximum atomic E-state index is 13.6. The van der Waals surface area contributed by atoms with Gasteiger partial charge < -0.3 is 10.2 Å². The fourth-order valence-electron chi connectivity index (χ4n) is 3.38. The quantitative estimate of drug-likeness (QED) is 0.470. The highest BCUT2D eigenvalue weighted by molar-refractivity contribution is 7.92. The average Bonchev–Trinajstić information content (AvgIpc) is 2.77. The zero-order valence-corrected chi connectivity index (χ0v) is 22.1. The number of anilines is 1. The first-order valence-corrected chi connectivity index (χ1v) is 13.6. The molecule has 2 aromatic carbocycles. The fraction of sp³-hybridized carbons (Fsp3) is 0.417. The van der Waals surface area contributed by atoms with E-state index in [-0.39, 0.29) is 34.1 Å². The summed E-state index contributed by atoms with van der Waals surface area (Å²) in [5, 5.41) is 3.32. The second kappa shape index (κ2) is 12.4. The second-order valence-corrected chi connectivity index (χ2v) is 11.2. The summed E-state index contributed by atoms with van der Waals surface area (Å²) in [4.78, 5) is 28.0. The van der Waals surface area contributed by atoms with Crippen LogP contribution in [-0.4, -0.2) is 50.5 Å². The first-order chi connectivity index (χ1) is 15.9. The summed E-state index contributed by atoms with van der Waals surface area (Å²) in [7, 11) is -3.84. The lowest BCUT2D eigenvalue weighted by Crippen LogP contribution is -2.52. The smallest absolute Gasteiger partial charge is 0.244 e. The van der Waals surface area contributed by atoms with Crippen molar-refractivity contribution in [3.05, 3.63) is 64.1 Å². The van der Waals surface area contributed by atoms with Crippen molar-refractivity contribution in [2.75, 3.05) is 23.7 Å². The van der Waals surface area contributed by atoms with Gasteiger partial charge in [0.1, 0.15) is 12.6 Å². The van der Waals surface area contributed by atoms with Gasteiger partial charge in [-0.2, -0.15) is 0 Å². The van der Waals surface area contributed by atoms with Gasteiger partial charge in [-0.15, -0.1) is 0 Å². The number of carbonyl (C=O) groups excluding carboxylic acids is 2. The number of benzene rings is 2. The van der Waals surface area contributed by atoms with Crippen molar-refractivity contribution in [3.63, 3.8) is 0 Å². The first-order valence-electron chi connectivity index (χ1n) is 11.0. The minimum absolute atomic E-state index is 0.159. The lowest BCUT2D eigenvalue weighted by Gasteiger charge is -2.33. The van der Waals surface area contributed by atoms with Gasteiger partial charge in [0.05, 0.1) is 22.0 Å². The molecule has 0 aliphatic carbocycles. The minimum Gasteiger partial charge on any atom is -0.354 e. The lowest BCUT2D eigenvalue weighted by atomic mass is 10.1. The van der Waals surface area contributed by atoms with Crippen LogP contribution in [0.25, 0.3) is 0 Å². The average molecular weight is 529 g/mol. The van der Waals surface area contributed by atoms with E-state index in [4.69, 9.17) is 23.2 Å². The zero-order valence-electron chi connectivity index (χ0n) is 19.8. The number of halogens is 2. The number of hydrogen-bond acceptors (Lipinski definition) is 4. The Labute approximate surface area is 212 Å². The van der Waals surface area contributed by atoms with Crippen LogP contribution in [0.4, 0.5) is 5.69 Å². The lowest BCUT2D eigenvalue weighted by molar-refractivity contribution is -0.140. The summed E-state index contributed by atoms with van der Waals surface area (Å²) in [6.45, 7) is 5.92. The third-order valence-corrected chi connectivity index (χ3v) is 7.02. The Bertz CT molecular complexity index is 1090. The van der Waals surface area contributed by atoms with Crippen molar-refractivity contribution in [2.45, 2.75) is 39.8 Å². The molecule has 7 nitrogen and oxygen atoms in total. The van der Waals surface area contributed by atoms with Crippen LogP contribution in [0.3, 0.4) is 0 Å². The van der Waals surface area contributed by atoms with Crippen LogP contribution in [0.5, 0.6) is 0 Å². The molecule has 0 aliphatic heterocycles. The molecule has 0 heterocycles. The van der Waals surface area contributed by atoms with Crippen LogP contribution >= 0.6 is 23.2 Å². The highest BCUT2D eigenvalue weighted by atomic mass is 35.5. The molecule has 0 aliphatic rings. The summed E-state index contributed by atoms with van der Waals surface area (Å²) < 4.78 is 26.2. The Morgan fingerprint density at radius 1 is 1.03 bits per heavy atom. The Morgan fingerprint density at radius 2 is 1.68 bits per heavy atom. The molecule has 0 bridgehead atoms. The van der Waals surface area contributed by atoms with Gasteiger partial charge in [0, 0.05) is 13.1 Å². The normalized spacial score (nSPS) is 12.3. The Balaban J connectivity index is 2.41. The number of carbonyl (C=O) groups is 2. The fourth-order valence-corrected chi connectivity index (χ4v) is 4.51. The van der Waals surface area contributed by atoms with Gasteiger partial charge in [0.15, 0.2) is 0 Å². The topological polar surface area (TPSA) is 86.8 Å². The van der Waals surface area contributed by atoms with Crippen LogP contribution in [0.15, 0.2) is 48.5 Å². The van der Waals surface area contributed by atoms with Gasteiger partial charge in [-0.05, 0) is 36.1 Å². The van der Waals surface area contributed by atoms with E-state index in [9.17, 15) is 18.0 Å². The summed E-state index contributed by atoms with van der Waals surface area (Å²) >= 11 is 12.1. The molecule has 10 heteroatoms. The van der Waals surface area contributed by atoms with Gasteiger partial charge in [-0.3, -0.25) is 13.9 Å². The molecule has 0 fully saturated rings. The maximum absolute atomic E-state index is 13.6. The van der Waals surface area contributed by atoms with Gasteiger partial charge in [0.25, 0.3) is 0 Å². The summed E-state index contributed by atoms with van der Waals surface area (Å²) in [6, 6.07) is 12.8. The van der Waals surface area contributed by atoms with Crippen molar-refractivity contribution in [2.24, 2.45) is 5.92 Å². The molecule has 0 saturated heterocycles. The molecule has 0 spiro atoms. The highest BCUT2D eigenvalue weighted by Crippen LogP contribution is 2.28. The maximum Gasteiger partial charge on any atom is 0.244 e. The van der Waals surface area contributed by atoms with Crippen LogP contribution < -0.4 is 9.62 Å². The third-order valence-electron chi connectivity index (χ3n) is 5.14. The monoisotopic (exact) mass is 527 g/mol. The SMILES string of the molecule is CCC(C(=O)NCC(C)C)N(Cc1ccccc1)C(=O)CN(c1ccc(Cl)c(Cl)c1)S(C)(=O)=O. The standard InChI is InChI=1S/C24H31Cl2N3O4S/c1-5-22(24(31)27-14-17(2)3)28(15-18-9-7-6-8-10-18)23(30)16-29(34(4,32)33)19-11-12-20(25)21(26)13-19/h6-13,17,22H,5,14-16H2,1-4H3,(H,27,31). The zero-order chi connectivity index (χ0) is 25.5. The van der Waals surface area contributed by atoms with Crippen molar-refractivity contribution in [3.8, 4) is 0 Å². The van der Waals surface area contributed by atoms with Crippen molar-refractivity contribution in [1.82, 2.24) is 10.2 Å². The number of nitrogens with zero attached hydrogens (tertiary/aromatic N) is 2. The van der Waals surface area contributed by atoms with Crippen molar-refractivity contribution in [1.29, 1.82) is 0 Å². The Morgan fingerprint density at radius 3 is 2.21 bits per heavy atom. The van der Waals surface area contributed by atoms with Gasteiger partial charge in [-0.1, -0.05) is 74.3 Å². The summed E-state index contributed by atoms with van der Waals surface area (Å²) in [5.41, 5.74) is 1.04. The van der Waals surface area contributed by atoms with E-state index >= 15 is 0 Å². The van der Waals surface area contributed by atoms with E-state index in [2.05, 4.69) is 5.32 Å². The molecule has 1 N–H and O–H groups in total. The van der Waals surface area contributed by atoms with Gasteiger partial charge >= 0.3 is 0 Å². The van der Waals surface area contributed by atoms with E-state index in [1.54, 1.807) is 0 Å². The molecule has 34 heavy (non-hydrogen) atoms. The molecular weight excluding hydrogens is 497 g/mol. The molecule has 0 aromatic heterocycles. The molecule has 2 aromatic rings. The minimum atomic E-state index is -3.84. The van der Waals surface area contributed by atoms with Crippen LogP contribution in [0.2, 0.25) is 10.0 Å². The number of rotatable bonds is 11. The van der Waals surface area contributed by atoms with E-state index < -0.39 is 28.5 Å². The Hall–Kier alpha value is -2.29. The van der Waals surface area contributed by atoms with Gasteiger partial charge in [0.2, 0.25) is 21.8 Å². The predicted molar refractivity (Wildman–Crippen MR) is 138 cm³/mol. The largest absolute Gasteiger partial charge is 0.354 e. The highest BCUT2D eigenvalue weighted by Gasteiger charge is 2.31. The third kappa shape index (κ3) is 7.89. The molecule has 2 amide bonds. The van der Waals surface area contributed by atoms with E-state index in [1.165, 1.54) is 23.1 Å². The number of hydrogen-bond donors (Lipinski definition) is 1. The van der Waals surface area contributed by atoms with Crippen LogP contribution in [-0.2, 0) is 26.2 Å². The second-order valence-electron chi connectivity index (χ2n) is 8.44. The van der Waals surface area contributed by atoms with E-state index in [0.717, 1.165) is 16.1 Å². The van der Waals surface area contributed by atoms with Crippen LogP contribution in [0.1, 0.15) is 32.8 Å². The summed E-state index contributed by atoms with van der Waals surface area (Å²) in [6.07, 6.45) is 1.38. The summed E-state index contributed by atoms with van der Waals surface area (Å²) in [5.74, 6) is -0.539. The Kier molecular flexibility index (Phi) is 10.2. The number of sulfonamides is 1. The number of nitrogens with one attached hydrogen (secondary N) is 1. The van der Waals surface area contributed by atoms with E-state index in [0.29, 0.717) is 13.0 Å². The first kappa shape index (κ1) is 28.0. The van der Waals surface area contributed by atoms with E-state index in [1.807, 2.05) is 51.1 Å². The van der Waals surface area contributed by atoms with Gasteiger partial charge in [-0.25, -0.2) is 8.42 Å². The van der Waals surface area contributed by atoms with Crippen molar-refractivity contribution >= 4 is 50.7 Å². The molecule has 0 radical (unpaired) electrons. The molecule has 0 saturated carbocycles. The number of amides is 2. The van der Waals surface area contributed by atoms with Crippen molar-refractivity contribution < 1.29 is 18.0 Å². The molecule has 1 atom stereocenters. The molecule has 1 unspecified atom stereocenters. The van der Waals surface area contributed by atoms with Crippen LogP contribution in [0, 0.1) is 5.92 Å². The molecule has 186 valence electrons. The molecular formula is C24H31Cl2N3O4S. The molecule has 2 rings (SSSR count). The predicted octanol–water partition coefficient (Wildman–Crippen LogP) is 4.34.